The van der Waals surface area contributed by atoms with Crippen LogP contribution in [0.5, 0.6) is 0 Å². The van der Waals surface area contributed by atoms with E-state index in [0.29, 0.717) is 18.3 Å². The molecule has 1 fully saturated rings. The predicted molar refractivity (Wildman–Crippen MR) is 68.1 cm³/mol. The van der Waals surface area contributed by atoms with Crippen molar-refractivity contribution in [2.45, 2.75) is 32.9 Å². The summed E-state index contributed by atoms with van der Waals surface area (Å²) in [6, 6.07) is 0.134. The van der Waals surface area contributed by atoms with E-state index in [9.17, 15) is 4.79 Å². The molecule has 0 spiro atoms. The van der Waals surface area contributed by atoms with E-state index in [1.54, 1.807) is 17.0 Å². The van der Waals surface area contributed by atoms with Crippen molar-refractivity contribution in [3.05, 3.63) is 22.7 Å². The summed E-state index contributed by atoms with van der Waals surface area (Å²) in [6.07, 6.45) is 4.43. The molecule has 0 amide bonds. The Bertz CT molecular complexity index is 432. The summed E-state index contributed by atoms with van der Waals surface area (Å²) >= 11 is 0. The quantitative estimate of drug-likeness (QED) is 0.809. The predicted octanol–water partition coefficient (Wildman–Crippen LogP) is 0.437. The summed E-state index contributed by atoms with van der Waals surface area (Å²) in [4.78, 5) is 18.4. The third-order valence-corrected chi connectivity index (χ3v) is 3.23. The molecule has 94 valence electrons. The lowest BCUT2D eigenvalue weighted by Gasteiger charge is -2.35. The van der Waals surface area contributed by atoms with Crippen molar-refractivity contribution in [2.75, 3.05) is 18.0 Å². The third kappa shape index (κ3) is 2.49. The van der Waals surface area contributed by atoms with Crippen LogP contribution in [0, 0.1) is 5.92 Å². The molecule has 2 N–H and O–H groups in total. The summed E-state index contributed by atoms with van der Waals surface area (Å²) in [6.45, 7) is 6.37. The van der Waals surface area contributed by atoms with Gasteiger partial charge in [0.05, 0.1) is 0 Å². The second kappa shape index (κ2) is 4.87. The highest BCUT2D eigenvalue weighted by molar-refractivity contribution is 5.36. The van der Waals surface area contributed by atoms with Crippen LogP contribution < -0.4 is 16.2 Å². The number of nitrogens with two attached hydrogens (primary N) is 1. The Morgan fingerprint density at radius 3 is 2.94 bits per heavy atom. The number of nitrogens with zero attached hydrogens (tertiary/aromatic N) is 3. The SMILES string of the molecule is CCn1ccnc(N2CC(C)CC(N)C2)c1=O. The topological polar surface area (TPSA) is 64.2 Å². The second-order valence-corrected chi connectivity index (χ2v) is 4.85. The Hall–Kier alpha value is -1.36. The van der Waals surface area contributed by atoms with Crippen molar-refractivity contribution in [1.82, 2.24) is 9.55 Å². The van der Waals surface area contributed by atoms with Crippen molar-refractivity contribution in [3.63, 3.8) is 0 Å². The van der Waals surface area contributed by atoms with Crippen LogP contribution in [-0.4, -0.2) is 28.7 Å². The van der Waals surface area contributed by atoms with E-state index in [0.717, 1.165) is 19.5 Å². The molecule has 17 heavy (non-hydrogen) atoms. The van der Waals surface area contributed by atoms with E-state index in [-0.39, 0.29) is 11.6 Å². The van der Waals surface area contributed by atoms with Crippen molar-refractivity contribution in [2.24, 2.45) is 11.7 Å². The molecule has 0 radical (unpaired) electrons. The minimum Gasteiger partial charge on any atom is -0.350 e. The molecule has 0 aromatic carbocycles. The molecule has 0 aliphatic carbocycles. The fraction of sp³-hybridized carbons (Fsp3) is 0.667. The van der Waals surface area contributed by atoms with Crippen molar-refractivity contribution < 1.29 is 0 Å². The van der Waals surface area contributed by atoms with Crippen molar-refractivity contribution in [1.29, 1.82) is 0 Å². The van der Waals surface area contributed by atoms with Crippen molar-refractivity contribution >= 4 is 5.82 Å². The maximum Gasteiger partial charge on any atom is 0.293 e. The fourth-order valence-electron chi connectivity index (χ4n) is 2.47. The first-order valence-electron chi connectivity index (χ1n) is 6.17. The third-order valence-electron chi connectivity index (χ3n) is 3.23. The van der Waals surface area contributed by atoms with Gasteiger partial charge in [-0.05, 0) is 19.3 Å². The van der Waals surface area contributed by atoms with E-state index in [1.165, 1.54) is 0 Å². The summed E-state index contributed by atoms with van der Waals surface area (Å²) in [5.74, 6) is 1.05. The van der Waals surface area contributed by atoms with Gasteiger partial charge in [-0.2, -0.15) is 0 Å². The molecule has 2 rings (SSSR count). The van der Waals surface area contributed by atoms with Crippen LogP contribution in [0.2, 0.25) is 0 Å². The average Bonchev–Trinajstić information content (AvgIpc) is 2.28. The van der Waals surface area contributed by atoms with E-state index < -0.39 is 0 Å². The molecule has 1 aromatic rings. The Balaban J connectivity index is 2.30. The number of aromatic nitrogens is 2. The number of piperidine rings is 1. The monoisotopic (exact) mass is 236 g/mol. The van der Waals surface area contributed by atoms with Gasteiger partial charge in [0.25, 0.3) is 5.56 Å². The van der Waals surface area contributed by atoms with Crippen LogP contribution >= 0.6 is 0 Å². The molecular weight excluding hydrogens is 216 g/mol. The van der Waals surface area contributed by atoms with Crippen LogP contribution in [0.4, 0.5) is 5.82 Å². The molecule has 2 heterocycles. The zero-order valence-electron chi connectivity index (χ0n) is 10.5. The zero-order valence-corrected chi connectivity index (χ0v) is 10.5. The van der Waals surface area contributed by atoms with Crippen LogP contribution in [0.25, 0.3) is 0 Å². The van der Waals surface area contributed by atoms with Gasteiger partial charge in [0, 0.05) is 38.1 Å². The molecule has 2 atom stereocenters. The van der Waals surface area contributed by atoms with Gasteiger partial charge in [0.1, 0.15) is 0 Å². The first-order valence-corrected chi connectivity index (χ1v) is 6.17. The fourth-order valence-corrected chi connectivity index (χ4v) is 2.47. The Kier molecular flexibility index (Phi) is 3.47. The smallest absolute Gasteiger partial charge is 0.293 e. The number of aryl methyl sites for hydroxylation is 1. The molecule has 5 heteroatoms. The normalized spacial score (nSPS) is 25.0. The Labute approximate surface area is 101 Å². The number of hydrogen-bond donors (Lipinski definition) is 1. The van der Waals surface area contributed by atoms with Gasteiger partial charge >= 0.3 is 0 Å². The highest BCUT2D eigenvalue weighted by atomic mass is 16.1. The second-order valence-electron chi connectivity index (χ2n) is 4.85. The van der Waals surface area contributed by atoms with E-state index in [2.05, 4.69) is 11.9 Å². The summed E-state index contributed by atoms with van der Waals surface area (Å²) < 4.78 is 1.67. The summed E-state index contributed by atoms with van der Waals surface area (Å²) in [7, 11) is 0. The first kappa shape index (κ1) is 12.1. The Morgan fingerprint density at radius 2 is 2.29 bits per heavy atom. The van der Waals surface area contributed by atoms with Gasteiger partial charge in [-0.1, -0.05) is 6.92 Å². The highest BCUT2D eigenvalue weighted by Gasteiger charge is 2.24. The largest absolute Gasteiger partial charge is 0.350 e. The Morgan fingerprint density at radius 1 is 1.53 bits per heavy atom. The zero-order chi connectivity index (χ0) is 12.4. The van der Waals surface area contributed by atoms with Crippen LogP contribution in [0.1, 0.15) is 20.3 Å². The minimum atomic E-state index is -0.0173. The number of hydrogen-bond acceptors (Lipinski definition) is 4. The lowest BCUT2D eigenvalue weighted by atomic mass is 9.97. The average molecular weight is 236 g/mol. The van der Waals surface area contributed by atoms with E-state index in [1.807, 2.05) is 11.8 Å². The molecule has 1 saturated heterocycles. The summed E-state index contributed by atoms with van der Waals surface area (Å²) in [5.41, 5.74) is 5.98. The number of rotatable bonds is 2. The number of anilines is 1. The molecule has 1 aromatic heterocycles. The molecule has 1 aliphatic rings. The van der Waals surface area contributed by atoms with Crippen molar-refractivity contribution in [3.8, 4) is 0 Å². The molecule has 1 aliphatic heterocycles. The highest BCUT2D eigenvalue weighted by Crippen LogP contribution is 2.18. The maximum absolute atomic E-state index is 12.1. The van der Waals surface area contributed by atoms with Crippen LogP contribution in [0.3, 0.4) is 0 Å². The maximum atomic E-state index is 12.1. The molecular formula is C12H20N4O. The van der Waals surface area contributed by atoms with Crippen LogP contribution in [0.15, 0.2) is 17.2 Å². The van der Waals surface area contributed by atoms with E-state index in [4.69, 9.17) is 5.73 Å². The molecule has 5 nitrogen and oxygen atoms in total. The van der Waals surface area contributed by atoms with Gasteiger partial charge in [-0.25, -0.2) is 4.98 Å². The standard InChI is InChI=1S/C12H20N4O/c1-3-15-5-4-14-11(12(15)17)16-7-9(2)6-10(13)8-16/h4-5,9-10H,3,6-8,13H2,1-2H3. The van der Waals surface area contributed by atoms with Crippen LogP contribution in [-0.2, 0) is 6.54 Å². The van der Waals surface area contributed by atoms with Gasteiger partial charge in [0.15, 0.2) is 5.82 Å². The van der Waals surface area contributed by atoms with E-state index >= 15 is 0 Å². The molecule has 2 unspecified atom stereocenters. The first-order chi connectivity index (χ1) is 8.11. The van der Waals surface area contributed by atoms with Gasteiger partial charge in [0.2, 0.25) is 0 Å². The lowest BCUT2D eigenvalue weighted by Crippen LogP contribution is -2.48. The van der Waals surface area contributed by atoms with Gasteiger partial charge in [-0.3, -0.25) is 4.79 Å². The van der Waals surface area contributed by atoms with Gasteiger partial charge in [-0.15, -0.1) is 0 Å². The lowest BCUT2D eigenvalue weighted by molar-refractivity contribution is 0.398. The molecule has 0 saturated carbocycles. The minimum absolute atomic E-state index is 0.0173. The van der Waals surface area contributed by atoms with Gasteiger partial charge < -0.3 is 15.2 Å². The molecule has 0 bridgehead atoms. The summed E-state index contributed by atoms with van der Waals surface area (Å²) in [5, 5.41) is 0.